The number of hydrogen-bond acceptors (Lipinski definition) is 7. The van der Waals surface area contributed by atoms with Crippen molar-refractivity contribution in [3.8, 4) is 17.5 Å². The molecule has 1 aliphatic rings. The summed E-state index contributed by atoms with van der Waals surface area (Å²) in [6, 6.07) is 13.6. The van der Waals surface area contributed by atoms with Gasteiger partial charge < -0.3 is 15.1 Å². The molecule has 5 rings (SSSR count). The molecule has 3 aromatic heterocycles. The molecule has 0 saturated carbocycles. The molecule has 0 radical (unpaired) electrons. The van der Waals surface area contributed by atoms with E-state index in [1.54, 1.807) is 13.1 Å². The molecule has 10 heteroatoms. The van der Waals surface area contributed by atoms with Crippen molar-refractivity contribution in [3.05, 3.63) is 65.6 Å². The van der Waals surface area contributed by atoms with E-state index in [1.165, 1.54) is 6.20 Å². The van der Waals surface area contributed by atoms with Gasteiger partial charge in [0.15, 0.2) is 0 Å². The van der Waals surface area contributed by atoms with E-state index in [1.807, 2.05) is 51.9 Å². The van der Waals surface area contributed by atoms with Gasteiger partial charge in [-0.1, -0.05) is 17.7 Å². The zero-order chi connectivity index (χ0) is 23.7. The van der Waals surface area contributed by atoms with E-state index < -0.39 is 0 Å². The number of halogens is 1. The highest BCUT2D eigenvalue weighted by molar-refractivity contribution is 6.32. The smallest absolute Gasteiger partial charge is 0.227 e. The van der Waals surface area contributed by atoms with Crippen LogP contribution < -0.4 is 10.2 Å². The minimum atomic E-state index is 0.0863. The fourth-order valence-corrected chi connectivity index (χ4v) is 4.23. The van der Waals surface area contributed by atoms with E-state index in [4.69, 9.17) is 11.6 Å². The number of amides is 1. The molecule has 4 heterocycles. The van der Waals surface area contributed by atoms with Crippen LogP contribution in [0, 0.1) is 11.3 Å². The summed E-state index contributed by atoms with van der Waals surface area (Å²) in [5.41, 5.74) is 4.08. The van der Waals surface area contributed by atoms with Crippen LogP contribution in [0.1, 0.15) is 12.5 Å². The van der Waals surface area contributed by atoms with Crippen LogP contribution in [-0.2, 0) is 4.79 Å². The predicted molar refractivity (Wildman–Crippen MR) is 130 cm³/mol. The monoisotopic (exact) mass is 472 g/mol. The number of aromatic nitrogens is 4. The molecule has 1 aliphatic heterocycles. The van der Waals surface area contributed by atoms with E-state index >= 15 is 0 Å². The molecule has 1 amide bonds. The maximum Gasteiger partial charge on any atom is 0.227 e. The van der Waals surface area contributed by atoms with Crippen LogP contribution in [0.25, 0.3) is 17.0 Å². The van der Waals surface area contributed by atoms with Gasteiger partial charge in [-0.3, -0.25) is 9.20 Å². The summed E-state index contributed by atoms with van der Waals surface area (Å²) in [7, 11) is 0. The number of nitrogens with one attached hydrogen (secondary N) is 1. The SMILES string of the molecule is CC(=O)N1CCN(c2ccc(Nc3ncc(Cl)c(-c4cnc5ccccn45)n3)c(C#N)c2)CC1. The van der Waals surface area contributed by atoms with E-state index in [0.29, 0.717) is 41.0 Å². The third-order valence-corrected chi connectivity index (χ3v) is 6.14. The van der Waals surface area contributed by atoms with E-state index in [-0.39, 0.29) is 5.91 Å². The van der Waals surface area contributed by atoms with E-state index in [9.17, 15) is 10.1 Å². The van der Waals surface area contributed by atoms with Crippen LogP contribution in [0.4, 0.5) is 17.3 Å². The largest absolute Gasteiger partial charge is 0.368 e. The number of nitrogens with zero attached hydrogens (tertiary/aromatic N) is 7. The lowest BCUT2D eigenvalue weighted by atomic mass is 10.1. The number of nitriles is 1. The van der Waals surface area contributed by atoms with Crippen LogP contribution in [0.5, 0.6) is 0 Å². The third kappa shape index (κ3) is 4.11. The van der Waals surface area contributed by atoms with Gasteiger partial charge in [0, 0.05) is 45.0 Å². The zero-order valence-corrected chi connectivity index (χ0v) is 19.2. The van der Waals surface area contributed by atoms with Crippen molar-refractivity contribution in [2.45, 2.75) is 6.92 Å². The highest BCUT2D eigenvalue weighted by atomic mass is 35.5. The van der Waals surface area contributed by atoms with Crippen molar-refractivity contribution >= 4 is 40.5 Å². The fraction of sp³-hybridized carbons (Fsp3) is 0.208. The summed E-state index contributed by atoms with van der Waals surface area (Å²) in [6.45, 7) is 4.37. The first-order valence-corrected chi connectivity index (χ1v) is 11.2. The normalized spacial score (nSPS) is 13.7. The Hall–Kier alpha value is -4.16. The summed E-state index contributed by atoms with van der Waals surface area (Å²) in [5, 5.41) is 13.3. The number of benzene rings is 1. The first kappa shape index (κ1) is 21.7. The molecule has 4 aromatic rings. The molecule has 1 saturated heterocycles. The van der Waals surface area contributed by atoms with E-state index in [2.05, 4.69) is 31.2 Å². The number of anilines is 3. The van der Waals surface area contributed by atoms with Crippen molar-refractivity contribution in [1.82, 2.24) is 24.3 Å². The Morgan fingerprint density at radius 3 is 2.71 bits per heavy atom. The maximum absolute atomic E-state index is 11.6. The second-order valence-electron chi connectivity index (χ2n) is 7.92. The standard InChI is InChI=1S/C24H21ClN8O/c1-16(34)31-8-10-32(11-9-31)18-5-6-20(17(12-18)13-26)29-24-28-14-19(25)23(30-24)21-15-27-22-4-2-3-7-33(21)22/h2-7,12,14-15H,8-11H2,1H3,(H,28,29,30). The first-order chi connectivity index (χ1) is 16.5. The molecule has 0 bridgehead atoms. The molecule has 0 atom stereocenters. The van der Waals surface area contributed by atoms with Gasteiger partial charge in [0.25, 0.3) is 0 Å². The molecule has 1 fully saturated rings. The zero-order valence-electron chi connectivity index (χ0n) is 18.4. The molecule has 0 unspecified atom stereocenters. The van der Waals surface area contributed by atoms with Gasteiger partial charge in [-0.2, -0.15) is 5.26 Å². The molecule has 1 N–H and O–H groups in total. The lowest BCUT2D eigenvalue weighted by Gasteiger charge is -2.35. The second kappa shape index (κ2) is 9.00. The summed E-state index contributed by atoms with van der Waals surface area (Å²) >= 11 is 6.41. The predicted octanol–water partition coefficient (Wildman–Crippen LogP) is 3.73. The molecule has 9 nitrogen and oxygen atoms in total. The number of carbonyl (C=O) groups excluding carboxylic acids is 1. The van der Waals surface area contributed by atoms with Crippen molar-refractivity contribution in [2.24, 2.45) is 0 Å². The maximum atomic E-state index is 11.6. The Balaban J connectivity index is 1.40. The highest BCUT2D eigenvalue weighted by Gasteiger charge is 2.20. The third-order valence-electron chi connectivity index (χ3n) is 5.86. The average molecular weight is 473 g/mol. The van der Waals surface area contributed by atoms with Crippen LogP contribution >= 0.6 is 11.6 Å². The minimum Gasteiger partial charge on any atom is -0.368 e. The molecule has 170 valence electrons. The number of imidazole rings is 1. The fourth-order valence-electron chi connectivity index (χ4n) is 4.05. The number of pyridine rings is 1. The molecule has 0 spiro atoms. The van der Waals surface area contributed by atoms with Gasteiger partial charge in [-0.05, 0) is 30.3 Å². The number of hydrogen-bond donors (Lipinski definition) is 1. The Morgan fingerprint density at radius 2 is 1.94 bits per heavy atom. The van der Waals surface area contributed by atoms with Crippen molar-refractivity contribution in [1.29, 1.82) is 5.26 Å². The van der Waals surface area contributed by atoms with Crippen molar-refractivity contribution in [3.63, 3.8) is 0 Å². The number of carbonyl (C=O) groups is 1. The quantitative estimate of drug-likeness (QED) is 0.482. The molecular formula is C24H21ClN8O. The van der Waals surface area contributed by atoms with Crippen molar-refractivity contribution in [2.75, 3.05) is 36.4 Å². The number of fused-ring (bicyclic) bond motifs is 1. The number of piperazine rings is 1. The van der Waals surface area contributed by atoms with Crippen LogP contribution in [-0.4, -0.2) is 56.3 Å². The van der Waals surface area contributed by atoms with Gasteiger partial charge >= 0.3 is 0 Å². The molecule has 34 heavy (non-hydrogen) atoms. The topological polar surface area (TPSA) is 102 Å². The van der Waals surface area contributed by atoms with Gasteiger partial charge in [0.05, 0.1) is 34.4 Å². The van der Waals surface area contributed by atoms with Crippen LogP contribution in [0.3, 0.4) is 0 Å². The van der Waals surface area contributed by atoms with E-state index in [0.717, 1.165) is 30.1 Å². The van der Waals surface area contributed by atoms with Crippen LogP contribution in [0.15, 0.2) is 55.0 Å². The summed E-state index contributed by atoms with van der Waals surface area (Å²) in [4.78, 5) is 28.9. The summed E-state index contributed by atoms with van der Waals surface area (Å²) in [5.74, 6) is 0.410. The molecular weight excluding hydrogens is 452 g/mol. The van der Waals surface area contributed by atoms with Gasteiger partial charge in [0.1, 0.15) is 17.4 Å². The lowest BCUT2D eigenvalue weighted by molar-refractivity contribution is -0.129. The average Bonchev–Trinajstić information content (AvgIpc) is 3.29. The highest BCUT2D eigenvalue weighted by Crippen LogP contribution is 2.29. The number of rotatable bonds is 4. The van der Waals surface area contributed by atoms with Crippen molar-refractivity contribution < 1.29 is 4.79 Å². The summed E-state index contributed by atoms with van der Waals surface area (Å²) in [6.07, 6.45) is 5.14. The molecule has 1 aromatic carbocycles. The van der Waals surface area contributed by atoms with Gasteiger partial charge in [0.2, 0.25) is 11.9 Å². The lowest BCUT2D eigenvalue weighted by Crippen LogP contribution is -2.48. The first-order valence-electron chi connectivity index (χ1n) is 10.8. The van der Waals surface area contributed by atoms with Gasteiger partial charge in [-0.15, -0.1) is 0 Å². The Bertz CT molecular complexity index is 1420. The Morgan fingerprint density at radius 1 is 1.12 bits per heavy atom. The Kier molecular flexibility index (Phi) is 5.74. The molecule has 0 aliphatic carbocycles. The minimum absolute atomic E-state index is 0.0863. The summed E-state index contributed by atoms with van der Waals surface area (Å²) < 4.78 is 1.90. The Labute approximate surface area is 201 Å². The van der Waals surface area contributed by atoms with Crippen LogP contribution in [0.2, 0.25) is 5.02 Å². The van der Waals surface area contributed by atoms with Gasteiger partial charge in [-0.25, -0.2) is 15.0 Å². The second-order valence-corrected chi connectivity index (χ2v) is 8.33.